The molecular weight excluding hydrogens is 114 g/mol. The van der Waals surface area contributed by atoms with E-state index >= 15 is 0 Å². The van der Waals surface area contributed by atoms with E-state index in [-0.39, 0.29) is 0 Å². The topological polar surface area (TPSA) is 31.9 Å². The number of aromatic amines is 1. The first-order valence-electron chi connectivity index (χ1n) is 2.97. The molecule has 1 aromatic rings. The summed E-state index contributed by atoms with van der Waals surface area (Å²) in [5, 5.41) is 0. The lowest BCUT2D eigenvalue weighted by Crippen LogP contribution is -2.15. The van der Waals surface area contributed by atoms with Gasteiger partial charge in [0.2, 0.25) is 0 Å². The highest BCUT2D eigenvalue weighted by Gasteiger charge is 1.96. The van der Waals surface area contributed by atoms with E-state index in [4.69, 9.17) is 0 Å². The van der Waals surface area contributed by atoms with Crippen LogP contribution in [-0.4, -0.2) is 23.6 Å². The molecule has 0 aliphatic carbocycles. The fourth-order valence-electron chi connectivity index (χ4n) is 0.576. The quantitative estimate of drug-likeness (QED) is 0.628. The standard InChI is InChI=1S/C6H10N3/c1-3-9(2)6-4-7-5-8-6/h4H,3H2,1-2H3,(H,7,8). The molecule has 0 saturated heterocycles. The second-order valence-corrected chi connectivity index (χ2v) is 1.88. The normalized spacial score (nSPS) is 9.56. The van der Waals surface area contributed by atoms with Crippen molar-refractivity contribution in [2.24, 2.45) is 0 Å². The summed E-state index contributed by atoms with van der Waals surface area (Å²) in [7, 11) is 1.99. The van der Waals surface area contributed by atoms with Crippen LogP contribution in [0, 0.1) is 6.33 Å². The summed E-state index contributed by atoms with van der Waals surface area (Å²) in [4.78, 5) is 8.73. The highest BCUT2D eigenvalue weighted by Crippen LogP contribution is 2.02. The number of rotatable bonds is 2. The number of aromatic nitrogens is 2. The summed E-state index contributed by atoms with van der Waals surface area (Å²) in [6.07, 6.45) is 4.45. The summed E-state index contributed by atoms with van der Waals surface area (Å²) < 4.78 is 0. The molecule has 1 heterocycles. The van der Waals surface area contributed by atoms with Gasteiger partial charge in [-0.3, -0.25) is 0 Å². The van der Waals surface area contributed by atoms with Crippen LogP contribution in [0.25, 0.3) is 0 Å². The largest absolute Gasteiger partial charge is 0.359 e. The molecule has 0 amide bonds. The van der Waals surface area contributed by atoms with Crippen molar-refractivity contribution in [1.29, 1.82) is 0 Å². The van der Waals surface area contributed by atoms with Crippen molar-refractivity contribution in [3.8, 4) is 0 Å². The number of imidazole rings is 1. The smallest absolute Gasteiger partial charge is 0.175 e. The first kappa shape index (κ1) is 6.13. The van der Waals surface area contributed by atoms with Crippen LogP contribution in [-0.2, 0) is 0 Å². The molecule has 49 valence electrons. The molecule has 3 heteroatoms. The minimum absolute atomic E-state index is 0.942. The zero-order valence-electron chi connectivity index (χ0n) is 5.68. The predicted molar refractivity (Wildman–Crippen MR) is 36.4 cm³/mol. The van der Waals surface area contributed by atoms with E-state index in [9.17, 15) is 0 Å². The third kappa shape index (κ3) is 1.22. The number of hydrogen-bond donors (Lipinski definition) is 1. The van der Waals surface area contributed by atoms with Gasteiger partial charge in [0, 0.05) is 19.8 Å². The average Bonchev–Trinajstić information content (AvgIpc) is 2.37. The fourth-order valence-corrected chi connectivity index (χ4v) is 0.576. The maximum Gasteiger partial charge on any atom is 0.175 e. The molecule has 1 radical (unpaired) electrons. The maximum atomic E-state index is 3.93. The number of nitrogens with zero attached hydrogens (tertiary/aromatic N) is 2. The van der Waals surface area contributed by atoms with E-state index in [1.54, 1.807) is 0 Å². The van der Waals surface area contributed by atoms with Gasteiger partial charge in [-0.15, -0.1) is 0 Å². The van der Waals surface area contributed by atoms with Crippen molar-refractivity contribution in [1.82, 2.24) is 9.97 Å². The predicted octanol–water partition coefficient (Wildman–Crippen LogP) is 0.666. The van der Waals surface area contributed by atoms with Crippen LogP contribution in [0.15, 0.2) is 6.20 Å². The summed E-state index contributed by atoms with van der Waals surface area (Å²) >= 11 is 0. The first-order chi connectivity index (χ1) is 4.34. The molecule has 0 unspecified atom stereocenters. The highest BCUT2D eigenvalue weighted by molar-refractivity contribution is 5.32. The Hall–Kier alpha value is -0.990. The lowest BCUT2D eigenvalue weighted by atomic mass is 10.6. The summed E-state index contributed by atoms with van der Waals surface area (Å²) in [6, 6.07) is 0. The lowest BCUT2D eigenvalue weighted by molar-refractivity contribution is 0.946. The van der Waals surface area contributed by atoms with Crippen LogP contribution in [0.1, 0.15) is 6.92 Å². The van der Waals surface area contributed by atoms with E-state index in [2.05, 4.69) is 23.2 Å². The second kappa shape index (κ2) is 2.53. The van der Waals surface area contributed by atoms with E-state index in [0.717, 1.165) is 12.4 Å². The fraction of sp³-hybridized carbons (Fsp3) is 0.500. The Morgan fingerprint density at radius 2 is 2.67 bits per heavy atom. The Kier molecular flexibility index (Phi) is 1.72. The van der Waals surface area contributed by atoms with Gasteiger partial charge in [0.25, 0.3) is 0 Å². The number of anilines is 1. The molecule has 9 heavy (non-hydrogen) atoms. The van der Waals surface area contributed by atoms with Crippen LogP contribution >= 0.6 is 0 Å². The van der Waals surface area contributed by atoms with Crippen molar-refractivity contribution < 1.29 is 0 Å². The lowest BCUT2D eigenvalue weighted by Gasteiger charge is -2.11. The van der Waals surface area contributed by atoms with Gasteiger partial charge in [-0.2, -0.15) is 0 Å². The number of hydrogen-bond acceptors (Lipinski definition) is 2. The molecule has 0 spiro atoms. The Morgan fingerprint density at radius 1 is 1.89 bits per heavy atom. The Labute approximate surface area is 54.7 Å². The molecule has 0 saturated carbocycles. The third-order valence-electron chi connectivity index (χ3n) is 1.30. The Morgan fingerprint density at radius 3 is 3.11 bits per heavy atom. The average molecular weight is 124 g/mol. The molecule has 0 fully saturated rings. The van der Waals surface area contributed by atoms with Gasteiger partial charge in [0.1, 0.15) is 5.82 Å². The molecule has 1 N–H and O–H groups in total. The summed E-state index contributed by atoms with van der Waals surface area (Å²) in [5.74, 6) is 0.942. The van der Waals surface area contributed by atoms with Crippen molar-refractivity contribution in [3.05, 3.63) is 12.5 Å². The number of nitrogens with one attached hydrogen (secondary N) is 1. The van der Waals surface area contributed by atoms with Crippen LogP contribution in [0.3, 0.4) is 0 Å². The SMILES string of the molecule is CCN(C)c1c[nH][c]n1. The molecule has 1 aromatic heterocycles. The van der Waals surface area contributed by atoms with Crippen molar-refractivity contribution >= 4 is 5.82 Å². The van der Waals surface area contributed by atoms with Crippen LogP contribution in [0.4, 0.5) is 5.82 Å². The maximum absolute atomic E-state index is 3.93. The van der Waals surface area contributed by atoms with E-state index < -0.39 is 0 Å². The van der Waals surface area contributed by atoms with Crippen LogP contribution < -0.4 is 4.90 Å². The van der Waals surface area contributed by atoms with Crippen molar-refractivity contribution in [2.45, 2.75) is 6.92 Å². The van der Waals surface area contributed by atoms with E-state index in [1.165, 1.54) is 0 Å². The minimum atomic E-state index is 0.942. The highest BCUT2D eigenvalue weighted by atomic mass is 15.2. The number of H-pyrrole nitrogens is 1. The monoisotopic (exact) mass is 124 g/mol. The Balaban J connectivity index is 2.65. The van der Waals surface area contributed by atoms with Gasteiger partial charge in [0.15, 0.2) is 6.33 Å². The van der Waals surface area contributed by atoms with E-state index in [0.29, 0.717) is 0 Å². The Bertz CT molecular complexity index is 157. The van der Waals surface area contributed by atoms with Crippen molar-refractivity contribution in [3.63, 3.8) is 0 Å². The minimum Gasteiger partial charge on any atom is -0.359 e. The van der Waals surface area contributed by atoms with Gasteiger partial charge >= 0.3 is 0 Å². The molecule has 0 aromatic carbocycles. The van der Waals surface area contributed by atoms with Gasteiger partial charge in [-0.25, -0.2) is 4.98 Å². The second-order valence-electron chi connectivity index (χ2n) is 1.88. The molecule has 3 nitrogen and oxygen atoms in total. The van der Waals surface area contributed by atoms with Crippen LogP contribution in [0.5, 0.6) is 0 Å². The summed E-state index contributed by atoms with van der Waals surface area (Å²) in [6.45, 7) is 3.05. The zero-order chi connectivity index (χ0) is 6.69. The van der Waals surface area contributed by atoms with Gasteiger partial charge in [-0.05, 0) is 6.92 Å². The molecular formula is C6H10N3. The summed E-state index contributed by atoms with van der Waals surface area (Å²) in [5.41, 5.74) is 0. The third-order valence-corrected chi connectivity index (χ3v) is 1.30. The molecule has 0 atom stereocenters. The molecule has 0 aliphatic rings. The zero-order valence-corrected chi connectivity index (χ0v) is 5.68. The molecule has 0 bridgehead atoms. The van der Waals surface area contributed by atoms with Gasteiger partial charge in [0.05, 0.1) is 0 Å². The van der Waals surface area contributed by atoms with Crippen LogP contribution in [0.2, 0.25) is 0 Å². The van der Waals surface area contributed by atoms with Gasteiger partial charge < -0.3 is 9.88 Å². The van der Waals surface area contributed by atoms with Gasteiger partial charge in [-0.1, -0.05) is 0 Å². The van der Waals surface area contributed by atoms with Crippen molar-refractivity contribution in [2.75, 3.05) is 18.5 Å². The van der Waals surface area contributed by atoms with E-state index in [1.807, 2.05) is 18.1 Å². The molecule has 0 aliphatic heterocycles. The molecule has 1 rings (SSSR count). The first-order valence-corrected chi connectivity index (χ1v) is 2.97.